The smallest absolute Gasteiger partial charge is 0.408 e. The van der Waals surface area contributed by atoms with Crippen molar-refractivity contribution in [1.29, 1.82) is 0 Å². The van der Waals surface area contributed by atoms with Gasteiger partial charge in [-0.3, -0.25) is 9.36 Å². The Morgan fingerprint density at radius 1 is 1.14 bits per heavy atom. The third kappa shape index (κ3) is 3.52. The van der Waals surface area contributed by atoms with Crippen LogP contribution in [0.5, 0.6) is 0 Å². The van der Waals surface area contributed by atoms with Crippen LogP contribution in [0.4, 0.5) is 5.69 Å². The molecule has 2 heterocycles. The second kappa shape index (κ2) is 7.28. The van der Waals surface area contributed by atoms with E-state index in [1.165, 1.54) is 0 Å². The maximum Gasteiger partial charge on any atom is 0.419 e. The number of hydrogen-bond donors (Lipinski definition) is 1. The molecular formula is C21H20N4O3. The first kappa shape index (κ1) is 17.9. The van der Waals surface area contributed by atoms with Crippen LogP contribution in [-0.4, -0.2) is 41.0 Å². The molecule has 4 rings (SSSR count). The summed E-state index contributed by atoms with van der Waals surface area (Å²) in [4.78, 5) is 31.1. The number of nitrogens with zero attached hydrogens (tertiary/aromatic N) is 3. The monoisotopic (exact) mass is 376 g/mol. The third-order valence-electron chi connectivity index (χ3n) is 4.53. The zero-order chi connectivity index (χ0) is 19.7. The van der Waals surface area contributed by atoms with Crippen LogP contribution in [0.1, 0.15) is 10.5 Å². The number of oxazole rings is 1. The first-order valence-electron chi connectivity index (χ1n) is 8.96. The van der Waals surface area contributed by atoms with Crippen LogP contribution in [0.25, 0.3) is 22.0 Å². The van der Waals surface area contributed by atoms with E-state index in [4.69, 9.17) is 4.42 Å². The predicted octanol–water partition coefficient (Wildman–Crippen LogP) is 2.96. The van der Waals surface area contributed by atoms with Gasteiger partial charge in [-0.1, -0.05) is 24.3 Å². The SMILES string of the molecule is CN(C)CCn1c(=O)oc2ccc(NC(=O)c3ccc4ccccc4n3)cc21. The van der Waals surface area contributed by atoms with E-state index in [1.807, 2.05) is 49.3 Å². The minimum atomic E-state index is -0.406. The highest BCUT2D eigenvalue weighted by Crippen LogP contribution is 2.20. The molecule has 142 valence electrons. The number of nitrogens with one attached hydrogen (secondary N) is 1. The maximum atomic E-state index is 12.6. The normalized spacial score (nSPS) is 11.4. The number of para-hydroxylation sites is 1. The number of carbonyl (C=O) groups is 1. The Hall–Kier alpha value is -3.45. The summed E-state index contributed by atoms with van der Waals surface area (Å²) in [6.07, 6.45) is 0. The van der Waals surface area contributed by atoms with Crippen molar-refractivity contribution < 1.29 is 9.21 Å². The van der Waals surface area contributed by atoms with E-state index in [0.29, 0.717) is 35.6 Å². The number of hydrogen-bond acceptors (Lipinski definition) is 5. The van der Waals surface area contributed by atoms with E-state index >= 15 is 0 Å². The van der Waals surface area contributed by atoms with Crippen molar-refractivity contribution in [2.45, 2.75) is 6.54 Å². The zero-order valence-corrected chi connectivity index (χ0v) is 15.7. The van der Waals surface area contributed by atoms with Crippen LogP contribution in [0.2, 0.25) is 0 Å². The molecule has 1 amide bonds. The summed E-state index contributed by atoms with van der Waals surface area (Å²) >= 11 is 0. The molecule has 0 saturated carbocycles. The van der Waals surface area contributed by atoms with E-state index in [2.05, 4.69) is 10.3 Å². The van der Waals surface area contributed by atoms with Gasteiger partial charge in [0.1, 0.15) is 5.69 Å². The van der Waals surface area contributed by atoms with Crippen molar-refractivity contribution in [1.82, 2.24) is 14.5 Å². The molecule has 0 unspecified atom stereocenters. The molecule has 7 heteroatoms. The van der Waals surface area contributed by atoms with Gasteiger partial charge in [-0.15, -0.1) is 0 Å². The number of rotatable bonds is 5. The van der Waals surface area contributed by atoms with Crippen LogP contribution >= 0.6 is 0 Å². The molecule has 0 radical (unpaired) electrons. The van der Waals surface area contributed by atoms with E-state index in [9.17, 15) is 9.59 Å². The lowest BCUT2D eigenvalue weighted by molar-refractivity contribution is 0.102. The number of pyridine rings is 1. The molecule has 4 aromatic rings. The summed E-state index contributed by atoms with van der Waals surface area (Å²) in [6, 6.07) is 16.3. The molecule has 7 nitrogen and oxygen atoms in total. The number of aromatic nitrogens is 2. The molecule has 0 aliphatic heterocycles. The van der Waals surface area contributed by atoms with Crippen molar-refractivity contribution >= 4 is 33.6 Å². The Morgan fingerprint density at radius 2 is 1.96 bits per heavy atom. The predicted molar refractivity (Wildman–Crippen MR) is 109 cm³/mol. The summed E-state index contributed by atoms with van der Waals surface area (Å²) in [5, 5.41) is 3.82. The Balaban J connectivity index is 1.62. The van der Waals surface area contributed by atoms with Crippen molar-refractivity contribution in [3.8, 4) is 0 Å². The fraction of sp³-hybridized carbons (Fsp3) is 0.190. The molecule has 2 aromatic carbocycles. The molecule has 1 N–H and O–H groups in total. The molecule has 0 atom stereocenters. The highest BCUT2D eigenvalue weighted by molar-refractivity contribution is 6.04. The van der Waals surface area contributed by atoms with Gasteiger partial charge in [-0.25, -0.2) is 9.78 Å². The molecule has 0 fully saturated rings. The summed E-state index contributed by atoms with van der Waals surface area (Å²) in [5.41, 5.74) is 2.81. The lowest BCUT2D eigenvalue weighted by atomic mass is 10.2. The largest absolute Gasteiger partial charge is 0.419 e. The molecule has 0 bridgehead atoms. The molecular weight excluding hydrogens is 356 g/mol. The summed E-state index contributed by atoms with van der Waals surface area (Å²) in [7, 11) is 3.88. The van der Waals surface area contributed by atoms with Gasteiger partial charge in [0.05, 0.1) is 11.0 Å². The highest BCUT2D eigenvalue weighted by atomic mass is 16.4. The van der Waals surface area contributed by atoms with Crippen molar-refractivity contribution in [2.75, 3.05) is 26.0 Å². The Kier molecular flexibility index (Phi) is 4.67. The van der Waals surface area contributed by atoms with Gasteiger partial charge in [0, 0.05) is 24.2 Å². The first-order chi connectivity index (χ1) is 13.5. The lowest BCUT2D eigenvalue weighted by Gasteiger charge is -2.10. The number of benzene rings is 2. The highest BCUT2D eigenvalue weighted by Gasteiger charge is 2.13. The van der Waals surface area contributed by atoms with Gasteiger partial charge in [0.15, 0.2) is 5.58 Å². The van der Waals surface area contributed by atoms with Crippen LogP contribution in [0.15, 0.2) is 63.8 Å². The van der Waals surface area contributed by atoms with Crippen LogP contribution in [0, 0.1) is 0 Å². The van der Waals surface area contributed by atoms with E-state index < -0.39 is 5.76 Å². The van der Waals surface area contributed by atoms with Crippen molar-refractivity contribution in [2.24, 2.45) is 0 Å². The molecule has 0 spiro atoms. The van der Waals surface area contributed by atoms with Gasteiger partial charge < -0.3 is 14.6 Å². The molecule has 0 aliphatic rings. The third-order valence-corrected chi connectivity index (χ3v) is 4.53. The standard InChI is InChI=1S/C21H20N4O3/c1-24(2)11-12-25-18-13-15(8-10-19(18)28-21(25)27)22-20(26)17-9-7-14-5-3-4-6-16(14)23-17/h3-10,13H,11-12H2,1-2H3,(H,22,26). The second-order valence-electron chi connectivity index (χ2n) is 6.85. The Labute approximate surface area is 161 Å². The minimum Gasteiger partial charge on any atom is -0.408 e. The average Bonchev–Trinajstić information content (AvgIpc) is 3.00. The van der Waals surface area contributed by atoms with Gasteiger partial charge in [-0.2, -0.15) is 0 Å². The van der Waals surface area contributed by atoms with Gasteiger partial charge in [0.25, 0.3) is 5.91 Å². The van der Waals surface area contributed by atoms with E-state index in [0.717, 1.165) is 10.9 Å². The van der Waals surface area contributed by atoms with Crippen molar-refractivity contribution in [3.05, 3.63) is 70.8 Å². The van der Waals surface area contributed by atoms with E-state index in [-0.39, 0.29) is 5.91 Å². The number of carbonyl (C=O) groups excluding carboxylic acids is 1. The molecule has 2 aromatic heterocycles. The average molecular weight is 376 g/mol. The number of anilines is 1. The van der Waals surface area contributed by atoms with Crippen LogP contribution < -0.4 is 11.1 Å². The minimum absolute atomic E-state index is 0.309. The summed E-state index contributed by atoms with van der Waals surface area (Å²) in [6.45, 7) is 1.20. The first-order valence-corrected chi connectivity index (χ1v) is 8.96. The fourth-order valence-electron chi connectivity index (χ4n) is 3.04. The number of likely N-dealkylation sites (N-methyl/N-ethyl adjacent to an activating group) is 1. The molecule has 0 saturated heterocycles. The van der Waals surface area contributed by atoms with Gasteiger partial charge in [0.2, 0.25) is 0 Å². The van der Waals surface area contributed by atoms with E-state index in [1.54, 1.807) is 28.8 Å². The second-order valence-corrected chi connectivity index (χ2v) is 6.85. The topological polar surface area (TPSA) is 80.4 Å². The summed E-state index contributed by atoms with van der Waals surface area (Å²) in [5.74, 6) is -0.715. The lowest BCUT2D eigenvalue weighted by Crippen LogP contribution is -2.23. The fourth-order valence-corrected chi connectivity index (χ4v) is 3.04. The zero-order valence-electron chi connectivity index (χ0n) is 15.7. The Morgan fingerprint density at radius 3 is 2.79 bits per heavy atom. The molecule has 0 aliphatic carbocycles. The number of amides is 1. The van der Waals surface area contributed by atoms with Crippen molar-refractivity contribution in [3.63, 3.8) is 0 Å². The number of fused-ring (bicyclic) bond motifs is 2. The van der Waals surface area contributed by atoms with Crippen LogP contribution in [0.3, 0.4) is 0 Å². The van der Waals surface area contributed by atoms with Gasteiger partial charge >= 0.3 is 5.76 Å². The summed E-state index contributed by atoms with van der Waals surface area (Å²) < 4.78 is 6.86. The Bertz CT molecular complexity index is 1220. The quantitative estimate of drug-likeness (QED) is 0.579. The maximum absolute atomic E-state index is 12.6. The van der Waals surface area contributed by atoms with Gasteiger partial charge in [-0.05, 0) is 44.4 Å². The van der Waals surface area contributed by atoms with Crippen LogP contribution in [-0.2, 0) is 6.54 Å². The molecule has 28 heavy (non-hydrogen) atoms.